The quantitative estimate of drug-likeness (QED) is 0.937. The highest BCUT2D eigenvalue weighted by Gasteiger charge is 2.37. The Balaban J connectivity index is 1.81. The molecule has 0 radical (unpaired) electrons. The Bertz CT molecular complexity index is 600. The molecule has 0 saturated heterocycles. The van der Waals surface area contributed by atoms with Crippen molar-refractivity contribution in [3.8, 4) is 0 Å². The van der Waals surface area contributed by atoms with Gasteiger partial charge in [0, 0.05) is 13.0 Å². The molecular weight excluding hydrogens is 262 g/mol. The fourth-order valence-corrected chi connectivity index (χ4v) is 3.25. The second-order valence-electron chi connectivity index (χ2n) is 6.16. The molecule has 1 fully saturated rings. The first-order chi connectivity index (χ1) is 10.2. The number of aryl methyl sites for hydroxylation is 1. The molecule has 0 bridgehead atoms. The lowest BCUT2D eigenvalue weighted by Gasteiger charge is -2.32. The number of aromatic nitrogens is 2. The van der Waals surface area contributed by atoms with Gasteiger partial charge >= 0.3 is 0 Å². The van der Waals surface area contributed by atoms with Crippen LogP contribution in [0.25, 0.3) is 0 Å². The first-order valence-corrected chi connectivity index (χ1v) is 7.81. The maximum absolute atomic E-state index is 6.03. The van der Waals surface area contributed by atoms with Gasteiger partial charge in [-0.25, -0.2) is 0 Å². The minimum Gasteiger partial charge on any atom is -0.339 e. The summed E-state index contributed by atoms with van der Waals surface area (Å²) in [7, 11) is 0. The molecule has 4 nitrogen and oxygen atoms in total. The lowest BCUT2D eigenvalue weighted by atomic mass is 9.74. The summed E-state index contributed by atoms with van der Waals surface area (Å²) >= 11 is 0. The van der Waals surface area contributed by atoms with Crippen LogP contribution in [0.2, 0.25) is 0 Å². The van der Waals surface area contributed by atoms with Crippen LogP contribution in [0.5, 0.6) is 0 Å². The second-order valence-corrected chi connectivity index (χ2v) is 6.16. The van der Waals surface area contributed by atoms with Gasteiger partial charge in [-0.05, 0) is 30.9 Å². The van der Waals surface area contributed by atoms with Crippen LogP contribution in [0.3, 0.4) is 0 Å². The molecule has 0 amide bonds. The Morgan fingerprint density at radius 2 is 1.95 bits per heavy atom. The topological polar surface area (TPSA) is 64.9 Å². The van der Waals surface area contributed by atoms with Crippen LogP contribution >= 0.6 is 0 Å². The predicted molar refractivity (Wildman–Crippen MR) is 82.1 cm³/mol. The van der Waals surface area contributed by atoms with Gasteiger partial charge in [0.15, 0.2) is 5.82 Å². The van der Waals surface area contributed by atoms with Gasteiger partial charge in [0.25, 0.3) is 0 Å². The summed E-state index contributed by atoms with van der Waals surface area (Å²) in [6.07, 6.45) is 6.53. The first kappa shape index (κ1) is 14.3. The molecule has 112 valence electrons. The zero-order valence-corrected chi connectivity index (χ0v) is 12.6. The number of nitrogens with zero attached hydrogens (tertiary/aromatic N) is 2. The third-order valence-corrected chi connectivity index (χ3v) is 4.73. The smallest absolute Gasteiger partial charge is 0.234 e. The minimum atomic E-state index is -0.0881. The van der Waals surface area contributed by atoms with Crippen LogP contribution in [0.1, 0.15) is 54.9 Å². The third kappa shape index (κ3) is 2.86. The summed E-state index contributed by atoms with van der Waals surface area (Å²) < 4.78 is 5.57. The van der Waals surface area contributed by atoms with E-state index in [1.807, 2.05) is 12.1 Å². The molecule has 1 aliphatic rings. The number of rotatable bonds is 4. The van der Waals surface area contributed by atoms with E-state index in [0.29, 0.717) is 6.54 Å². The van der Waals surface area contributed by atoms with Gasteiger partial charge in [-0.15, -0.1) is 0 Å². The van der Waals surface area contributed by atoms with Gasteiger partial charge in [-0.3, -0.25) is 0 Å². The van der Waals surface area contributed by atoms with Crippen molar-refractivity contribution in [3.63, 3.8) is 0 Å². The summed E-state index contributed by atoms with van der Waals surface area (Å²) in [5.74, 6) is 1.51. The van der Waals surface area contributed by atoms with Crippen LogP contribution in [0.4, 0.5) is 0 Å². The Hall–Kier alpha value is -1.68. The van der Waals surface area contributed by atoms with Crippen LogP contribution in [-0.2, 0) is 11.8 Å². The summed E-state index contributed by atoms with van der Waals surface area (Å²) in [4.78, 5) is 4.66. The molecule has 1 aliphatic carbocycles. The maximum atomic E-state index is 6.03. The molecule has 2 N–H and O–H groups in total. The minimum absolute atomic E-state index is 0.0881. The van der Waals surface area contributed by atoms with Crippen molar-refractivity contribution in [1.29, 1.82) is 0 Å². The normalized spacial score (nSPS) is 17.8. The predicted octanol–water partition coefficient (Wildman–Crippen LogP) is 3.13. The van der Waals surface area contributed by atoms with Crippen molar-refractivity contribution in [2.75, 3.05) is 6.54 Å². The van der Waals surface area contributed by atoms with Gasteiger partial charge in [0.1, 0.15) is 0 Å². The van der Waals surface area contributed by atoms with Gasteiger partial charge in [-0.1, -0.05) is 48.7 Å². The zero-order chi connectivity index (χ0) is 14.7. The van der Waals surface area contributed by atoms with Crippen LogP contribution in [0.15, 0.2) is 28.8 Å². The summed E-state index contributed by atoms with van der Waals surface area (Å²) in [5.41, 5.74) is 8.45. The van der Waals surface area contributed by atoms with E-state index < -0.39 is 0 Å². The molecule has 3 rings (SSSR count). The number of hydrogen-bond donors (Lipinski definition) is 1. The van der Waals surface area contributed by atoms with Gasteiger partial charge in [0.05, 0.1) is 5.41 Å². The molecule has 0 aliphatic heterocycles. The van der Waals surface area contributed by atoms with Crippen molar-refractivity contribution >= 4 is 0 Å². The highest BCUT2D eigenvalue weighted by molar-refractivity contribution is 5.28. The molecule has 21 heavy (non-hydrogen) atoms. The Morgan fingerprint density at radius 3 is 2.67 bits per heavy atom. The van der Waals surface area contributed by atoms with Crippen LogP contribution < -0.4 is 5.73 Å². The number of nitrogens with two attached hydrogens (primary N) is 1. The average Bonchev–Trinajstić information content (AvgIpc) is 2.99. The van der Waals surface area contributed by atoms with Crippen LogP contribution in [0, 0.1) is 6.92 Å². The van der Waals surface area contributed by atoms with E-state index in [0.717, 1.165) is 31.0 Å². The van der Waals surface area contributed by atoms with E-state index in [1.165, 1.54) is 30.4 Å². The highest BCUT2D eigenvalue weighted by Crippen LogP contribution is 2.37. The van der Waals surface area contributed by atoms with E-state index >= 15 is 0 Å². The van der Waals surface area contributed by atoms with E-state index in [4.69, 9.17) is 10.3 Å². The standard InChI is InChI=1S/C17H23N3O/c1-13-7-3-4-8-14(13)11-15-19-16(21-20-15)17(12-18)9-5-2-6-10-17/h3-4,7-8H,2,5-6,9-12,18H2,1H3. The largest absolute Gasteiger partial charge is 0.339 e. The van der Waals surface area contributed by atoms with Gasteiger partial charge in [0.2, 0.25) is 5.89 Å². The van der Waals surface area contributed by atoms with Crippen molar-refractivity contribution in [3.05, 3.63) is 47.1 Å². The second kappa shape index (κ2) is 5.98. The molecule has 1 saturated carbocycles. The summed E-state index contributed by atoms with van der Waals surface area (Å²) in [6.45, 7) is 2.71. The fraction of sp³-hybridized carbons (Fsp3) is 0.529. The molecule has 1 heterocycles. The lowest BCUT2D eigenvalue weighted by Crippen LogP contribution is -2.37. The maximum Gasteiger partial charge on any atom is 0.234 e. The average molecular weight is 285 g/mol. The molecule has 1 aromatic carbocycles. The van der Waals surface area contributed by atoms with E-state index in [-0.39, 0.29) is 5.41 Å². The SMILES string of the molecule is Cc1ccccc1Cc1noc(C2(CN)CCCCC2)n1. The Morgan fingerprint density at radius 1 is 1.19 bits per heavy atom. The molecule has 0 atom stereocenters. The number of hydrogen-bond acceptors (Lipinski definition) is 4. The Labute approximate surface area is 125 Å². The molecule has 0 spiro atoms. The third-order valence-electron chi connectivity index (χ3n) is 4.73. The summed E-state index contributed by atoms with van der Waals surface area (Å²) in [6, 6.07) is 8.32. The van der Waals surface area contributed by atoms with E-state index in [9.17, 15) is 0 Å². The van der Waals surface area contributed by atoms with Crippen LogP contribution in [-0.4, -0.2) is 16.7 Å². The van der Waals surface area contributed by atoms with E-state index in [1.54, 1.807) is 0 Å². The van der Waals surface area contributed by atoms with E-state index in [2.05, 4.69) is 29.2 Å². The first-order valence-electron chi connectivity index (χ1n) is 7.81. The Kier molecular flexibility index (Phi) is 4.06. The van der Waals surface area contributed by atoms with Crippen molar-refractivity contribution in [2.45, 2.75) is 50.9 Å². The molecule has 2 aromatic rings. The van der Waals surface area contributed by atoms with Crippen molar-refractivity contribution in [1.82, 2.24) is 10.1 Å². The zero-order valence-electron chi connectivity index (χ0n) is 12.6. The van der Waals surface area contributed by atoms with Crippen molar-refractivity contribution in [2.24, 2.45) is 5.73 Å². The number of benzene rings is 1. The molecule has 4 heteroatoms. The molecule has 0 unspecified atom stereocenters. The highest BCUT2D eigenvalue weighted by atomic mass is 16.5. The monoisotopic (exact) mass is 285 g/mol. The van der Waals surface area contributed by atoms with Crippen molar-refractivity contribution < 1.29 is 4.52 Å². The fourth-order valence-electron chi connectivity index (χ4n) is 3.25. The van der Waals surface area contributed by atoms with Gasteiger partial charge in [-0.2, -0.15) is 4.98 Å². The molecule has 1 aromatic heterocycles. The van der Waals surface area contributed by atoms with Gasteiger partial charge < -0.3 is 10.3 Å². The molecular formula is C17H23N3O. The lowest BCUT2D eigenvalue weighted by molar-refractivity contribution is 0.219. The summed E-state index contributed by atoms with van der Waals surface area (Å²) in [5, 5.41) is 4.18.